The van der Waals surface area contributed by atoms with Gasteiger partial charge in [-0.05, 0) is 83.3 Å². The average Bonchev–Trinajstić information content (AvgIpc) is 3.90. The van der Waals surface area contributed by atoms with Gasteiger partial charge in [0.15, 0.2) is 5.65 Å². The number of hydrogen-bond acceptors (Lipinski definition) is 11. The van der Waals surface area contributed by atoms with Crippen LogP contribution < -0.4 is 11.3 Å². The molecule has 3 aromatic heterocycles. The number of aromatic nitrogens is 5. The summed E-state index contributed by atoms with van der Waals surface area (Å²) in [6.07, 6.45) is 3.33. The molecule has 340 valence electrons. The molecule has 2 amide bonds. The van der Waals surface area contributed by atoms with Crippen LogP contribution >= 0.6 is 0 Å². The molecule has 16 nitrogen and oxygen atoms in total. The number of fused-ring (bicyclic) bond motifs is 1. The largest absolute Gasteiger partial charge is 0.465 e. The maximum absolute atomic E-state index is 12.9. The fourth-order valence-electron chi connectivity index (χ4n) is 7.67. The van der Waals surface area contributed by atoms with Crippen molar-refractivity contribution in [3.8, 4) is 0 Å². The van der Waals surface area contributed by atoms with Gasteiger partial charge in [0.05, 0.1) is 30.1 Å². The third-order valence-electron chi connectivity index (χ3n) is 11.4. The topological polar surface area (TPSA) is 207 Å². The summed E-state index contributed by atoms with van der Waals surface area (Å²) in [6.45, 7) is 14.7. The number of esters is 1. The molecule has 0 saturated carbocycles. The van der Waals surface area contributed by atoms with Crippen LogP contribution in [0.15, 0.2) is 77.6 Å². The number of carbonyl (C=O) groups is 4. The second-order valence-corrected chi connectivity index (χ2v) is 16.0. The van der Waals surface area contributed by atoms with Gasteiger partial charge in [0.25, 0.3) is 5.56 Å². The number of carbonyl (C=O) groups excluding carboxylic acids is 4. The molecule has 5 atom stereocenters. The predicted molar refractivity (Wildman–Crippen MR) is 240 cm³/mol. The van der Waals surface area contributed by atoms with Crippen molar-refractivity contribution >= 4 is 35.4 Å². The Bertz CT molecular complexity index is 2330. The molecular weight excluding hydrogens is 805 g/mol. The van der Waals surface area contributed by atoms with Crippen molar-refractivity contribution in [1.29, 1.82) is 0 Å². The minimum atomic E-state index is -0.611. The molecule has 63 heavy (non-hydrogen) atoms. The quantitative estimate of drug-likeness (QED) is 0.0730. The molecule has 2 saturated heterocycles. The summed E-state index contributed by atoms with van der Waals surface area (Å²) in [5, 5.41) is 10.1. The van der Waals surface area contributed by atoms with E-state index in [-0.39, 0.29) is 62.2 Å². The van der Waals surface area contributed by atoms with Crippen molar-refractivity contribution < 1.29 is 33.4 Å². The molecule has 16 heteroatoms. The van der Waals surface area contributed by atoms with E-state index >= 15 is 0 Å². The van der Waals surface area contributed by atoms with Crippen LogP contribution in [-0.2, 0) is 37.0 Å². The van der Waals surface area contributed by atoms with E-state index in [1.807, 2.05) is 73.7 Å². The summed E-state index contributed by atoms with van der Waals surface area (Å²) in [6, 6.07) is 22.8. The number of amides is 2. The van der Waals surface area contributed by atoms with Gasteiger partial charge in [0.1, 0.15) is 30.7 Å². The van der Waals surface area contributed by atoms with Gasteiger partial charge in [-0.3, -0.25) is 34.4 Å². The van der Waals surface area contributed by atoms with E-state index in [1.54, 1.807) is 36.6 Å². The van der Waals surface area contributed by atoms with Crippen LogP contribution in [-0.4, -0.2) is 78.2 Å². The molecule has 5 unspecified atom stereocenters. The van der Waals surface area contributed by atoms with Crippen LogP contribution in [0.4, 0.5) is 15.4 Å². The van der Waals surface area contributed by atoms with Gasteiger partial charge in [0.2, 0.25) is 0 Å². The van der Waals surface area contributed by atoms with Crippen molar-refractivity contribution in [3.63, 3.8) is 0 Å². The second-order valence-electron chi connectivity index (χ2n) is 16.0. The monoisotopic (exact) mass is 868 g/mol. The number of aryl methyl sites for hydroxylation is 1. The molecule has 0 bridgehead atoms. The Hall–Kier alpha value is -6.45. The van der Waals surface area contributed by atoms with Crippen LogP contribution in [0.5, 0.6) is 0 Å². The van der Waals surface area contributed by atoms with E-state index in [4.69, 9.17) is 15.2 Å². The average molecular weight is 869 g/mol. The smallest absolute Gasteiger partial charge is 0.410 e. The first-order valence-electron chi connectivity index (χ1n) is 21.2. The third-order valence-corrected chi connectivity index (χ3v) is 11.4. The Morgan fingerprint density at radius 2 is 1.32 bits per heavy atom. The lowest BCUT2D eigenvalue weighted by atomic mass is 9.89. The summed E-state index contributed by atoms with van der Waals surface area (Å²) in [4.78, 5) is 67.4. The van der Waals surface area contributed by atoms with Crippen molar-refractivity contribution in [2.45, 2.75) is 107 Å². The highest BCUT2D eigenvalue weighted by Crippen LogP contribution is 2.37. The highest BCUT2D eigenvalue weighted by Gasteiger charge is 2.37. The molecule has 2 aliphatic heterocycles. The van der Waals surface area contributed by atoms with Gasteiger partial charge in [-0.1, -0.05) is 81.9 Å². The lowest BCUT2D eigenvalue weighted by Gasteiger charge is -2.38. The Morgan fingerprint density at radius 1 is 0.810 bits per heavy atom. The number of nitrogens with two attached hydrogens (primary N) is 1. The Labute approximate surface area is 369 Å². The minimum absolute atomic E-state index is 0. The van der Waals surface area contributed by atoms with Gasteiger partial charge in [-0.15, -0.1) is 0 Å². The number of aromatic amines is 2. The summed E-state index contributed by atoms with van der Waals surface area (Å²) >= 11 is 0. The number of piperidine rings is 2. The van der Waals surface area contributed by atoms with Crippen LogP contribution in [0.1, 0.15) is 114 Å². The Balaban J connectivity index is 0.000000229. The molecule has 5 heterocycles. The lowest BCUT2D eigenvalue weighted by molar-refractivity contribution is -0.150. The fourth-order valence-corrected chi connectivity index (χ4v) is 7.67. The van der Waals surface area contributed by atoms with Gasteiger partial charge < -0.3 is 19.9 Å². The number of hydrogen-bond donors (Lipinski definition) is 3. The zero-order valence-corrected chi connectivity index (χ0v) is 36.8. The number of benzene rings is 2. The lowest BCUT2D eigenvalue weighted by Crippen LogP contribution is -2.42. The van der Waals surface area contributed by atoms with Crippen LogP contribution in [0.3, 0.4) is 0 Å². The van der Waals surface area contributed by atoms with E-state index in [9.17, 15) is 24.0 Å². The highest BCUT2D eigenvalue weighted by atomic mass is 16.6. The van der Waals surface area contributed by atoms with Gasteiger partial charge in [0, 0.05) is 36.5 Å². The number of anilines is 1. The van der Waals surface area contributed by atoms with Gasteiger partial charge >= 0.3 is 18.2 Å². The van der Waals surface area contributed by atoms with Crippen molar-refractivity contribution in [2.24, 2.45) is 17.8 Å². The number of ketones is 1. The third kappa shape index (κ3) is 12.8. The van der Waals surface area contributed by atoms with Crippen LogP contribution in [0.2, 0.25) is 0 Å². The maximum atomic E-state index is 12.9. The summed E-state index contributed by atoms with van der Waals surface area (Å²) in [5.74, 6) is -0.198. The minimum Gasteiger partial charge on any atom is -0.465 e. The zero-order chi connectivity index (χ0) is 44.9. The first kappa shape index (κ1) is 49.2. The number of ether oxygens (including phenoxy) is 3. The predicted octanol–water partition coefficient (Wildman–Crippen LogP) is 8.26. The molecular formula is C47H64N8O8. The second kappa shape index (κ2) is 23.1. The van der Waals surface area contributed by atoms with Gasteiger partial charge in [-0.2, -0.15) is 5.10 Å². The number of nitrogen functional groups attached to an aromatic ring is 1. The van der Waals surface area contributed by atoms with Crippen LogP contribution in [0, 0.1) is 31.6 Å². The van der Waals surface area contributed by atoms with E-state index < -0.39 is 11.9 Å². The SMILES string of the molecule is C.CC1CCCN(C(=O)OCc2ccccc2)C1c1cc(N)n[nH]1.CCOC(=O)C(C)C(C)=O.Cc1nc2cc(C3C(C)CCCN3C(=O)OCc3ccccc3)[nH]n2c(=O)c1C. The van der Waals surface area contributed by atoms with Crippen molar-refractivity contribution in [3.05, 3.63) is 117 Å². The number of Topliss-reactive ketones (excluding diaryl/α,β-unsaturated/α-hetero) is 1. The number of nitrogens with one attached hydrogen (secondary N) is 2. The number of rotatable bonds is 9. The van der Waals surface area contributed by atoms with E-state index in [1.165, 1.54) is 11.4 Å². The molecule has 2 fully saturated rings. The number of nitrogens with zero attached hydrogens (tertiary/aromatic N) is 5. The normalized spacial score (nSPS) is 18.7. The molecule has 0 spiro atoms. The van der Waals surface area contributed by atoms with Gasteiger partial charge in [-0.25, -0.2) is 19.1 Å². The van der Waals surface area contributed by atoms with Crippen LogP contribution in [0.25, 0.3) is 5.65 Å². The fraction of sp³-hybridized carbons (Fsp3) is 0.468. The standard InChI is InChI=1S/C22H26N4O3.C17H22N4O2.C7H12O3.CH4/c1-14-8-7-11-25(22(28)29-13-17-9-5-4-6-10-17)20(14)18-12-19-23-16(3)15(2)21(27)26(19)24-18;1-12-6-5-9-21(16(12)14-10-15(18)20-19-14)17(22)23-11-13-7-3-2-4-8-13;1-4-10-7(9)5(2)6(3)8;/h4-6,9-10,12,14,20,24H,7-8,11,13H2,1-3H3;2-4,7-8,10,12,16H,5-6,9,11H2,1H3,(H3,18,19,20);5H,4H2,1-3H3;1H4. The highest BCUT2D eigenvalue weighted by molar-refractivity contribution is 5.97. The summed E-state index contributed by atoms with van der Waals surface area (Å²) in [5.41, 5.74) is 11.1. The van der Waals surface area contributed by atoms with Crippen molar-refractivity contribution in [2.75, 3.05) is 25.4 Å². The molecule has 0 radical (unpaired) electrons. The zero-order valence-electron chi connectivity index (χ0n) is 36.8. The molecule has 0 aliphatic carbocycles. The molecule has 2 aromatic carbocycles. The Kier molecular flexibility index (Phi) is 18.1. The molecule has 5 aromatic rings. The maximum Gasteiger partial charge on any atom is 0.410 e. The Morgan fingerprint density at radius 3 is 1.78 bits per heavy atom. The number of likely N-dealkylation sites (tertiary alicyclic amines) is 2. The molecule has 7 rings (SSSR count). The van der Waals surface area contributed by atoms with Crippen molar-refractivity contribution in [1.82, 2.24) is 34.6 Å². The van der Waals surface area contributed by atoms with E-state index in [0.29, 0.717) is 42.6 Å². The first-order chi connectivity index (χ1) is 29.7. The molecule has 2 aliphatic rings. The number of H-pyrrole nitrogens is 2. The van der Waals surface area contributed by atoms with E-state index in [0.717, 1.165) is 53.9 Å². The molecule has 4 N–H and O–H groups in total. The summed E-state index contributed by atoms with van der Waals surface area (Å²) < 4.78 is 17.2. The summed E-state index contributed by atoms with van der Waals surface area (Å²) in [7, 11) is 0. The van der Waals surface area contributed by atoms with E-state index in [2.05, 4.69) is 38.9 Å². The first-order valence-corrected chi connectivity index (χ1v) is 21.2.